The Labute approximate surface area is 453 Å². The van der Waals surface area contributed by atoms with Crippen LogP contribution in [0.15, 0.2) is 29.4 Å². The summed E-state index contributed by atoms with van der Waals surface area (Å²) in [5.74, 6) is 2.68. The molecule has 1 rings (SSSR count). The Morgan fingerprint density at radius 2 is 1.36 bits per heavy atom. The van der Waals surface area contributed by atoms with Crippen LogP contribution in [0.5, 0.6) is 5.75 Å². The van der Waals surface area contributed by atoms with Crippen molar-refractivity contribution in [1.29, 1.82) is 0 Å². The molecule has 424 valence electrons. The molecule has 1 atom stereocenters. The third kappa shape index (κ3) is 52.4. The molecule has 23 heteroatoms. The zero-order valence-corrected chi connectivity index (χ0v) is 49.6. The Morgan fingerprint density at radius 3 is 2.00 bits per heavy atom. The maximum atomic E-state index is 12.3. The van der Waals surface area contributed by atoms with Gasteiger partial charge >= 0.3 is 18.1 Å². The lowest BCUT2D eigenvalue weighted by Gasteiger charge is -2.24. The van der Waals surface area contributed by atoms with E-state index in [4.69, 9.17) is 48.2 Å². The maximum absolute atomic E-state index is 12.3. The third-order valence-electron chi connectivity index (χ3n) is 8.41. The first kappa shape index (κ1) is 72.2. The monoisotopic (exact) mass is 1110 g/mol. The zero-order chi connectivity index (χ0) is 55.3. The quantitative estimate of drug-likeness (QED) is 0.00809. The number of carbonyl (C=O) groups excluding carboxylic acids is 4. The molecule has 1 aromatic rings. The van der Waals surface area contributed by atoms with Crippen molar-refractivity contribution in [3.8, 4) is 5.75 Å². The molecule has 0 heterocycles. The Bertz CT molecular complexity index is 1610. The van der Waals surface area contributed by atoms with E-state index in [9.17, 15) is 19.2 Å². The predicted molar refractivity (Wildman–Crippen MR) is 299 cm³/mol. The van der Waals surface area contributed by atoms with Gasteiger partial charge in [-0.25, -0.2) is 9.59 Å². The van der Waals surface area contributed by atoms with Gasteiger partial charge in [0.1, 0.15) is 37.4 Å². The van der Waals surface area contributed by atoms with Crippen molar-refractivity contribution < 1.29 is 61.8 Å². The van der Waals surface area contributed by atoms with Crippen molar-refractivity contribution in [1.82, 2.24) is 16.0 Å². The summed E-state index contributed by atoms with van der Waals surface area (Å²) in [5, 5.41) is 13.2. The molecule has 73 heavy (non-hydrogen) atoms. The van der Waals surface area contributed by atoms with Crippen molar-refractivity contribution in [3.63, 3.8) is 0 Å². The third-order valence-corrected chi connectivity index (χ3v) is 13.5. The number of nitrogens with zero attached hydrogens (tertiary/aromatic N) is 3. The van der Waals surface area contributed by atoms with Crippen LogP contribution in [0, 0.1) is 5.92 Å². The van der Waals surface area contributed by atoms with E-state index < -0.39 is 18.4 Å². The van der Waals surface area contributed by atoms with Crippen LogP contribution in [0.25, 0.3) is 10.4 Å². The fraction of sp³-hybridized carbons (Fsp3) is 0.800. The lowest BCUT2D eigenvalue weighted by Crippen LogP contribution is -2.35. The Morgan fingerprint density at radius 1 is 0.712 bits per heavy atom. The first-order valence-electron chi connectivity index (χ1n) is 25.2. The van der Waals surface area contributed by atoms with Crippen LogP contribution >= 0.6 is 43.2 Å². The second-order valence-electron chi connectivity index (χ2n) is 18.6. The number of carbonyl (C=O) groups is 4. The van der Waals surface area contributed by atoms with E-state index in [1.165, 1.54) is 0 Å². The van der Waals surface area contributed by atoms with Gasteiger partial charge in [0.15, 0.2) is 6.23 Å². The first-order chi connectivity index (χ1) is 34.6. The summed E-state index contributed by atoms with van der Waals surface area (Å²) < 4.78 is 46.9. The van der Waals surface area contributed by atoms with Crippen LogP contribution in [-0.2, 0) is 47.5 Å². The van der Waals surface area contributed by atoms with E-state index in [0.717, 1.165) is 44.5 Å². The molecule has 1 unspecified atom stereocenters. The van der Waals surface area contributed by atoms with Gasteiger partial charge in [-0.15, -0.1) is 0 Å². The van der Waals surface area contributed by atoms with Crippen molar-refractivity contribution >= 4 is 67.2 Å². The number of esters is 2. The molecule has 0 aliphatic heterocycles. The topological polar surface area (TPSA) is 236 Å². The summed E-state index contributed by atoms with van der Waals surface area (Å²) in [6.45, 7) is 32.0. The van der Waals surface area contributed by atoms with Crippen molar-refractivity contribution in [2.75, 3.05) is 83.5 Å². The first-order valence-corrected chi connectivity index (χ1v) is 30.0. The van der Waals surface area contributed by atoms with E-state index >= 15 is 0 Å². The van der Waals surface area contributed by atoms with Crippen LogP contribution in [-0.4, -0.2) is 149 Å². The van der Waals surface area contributed by atoms with Gasteiger partial charge < -0.3 is 58.6 Å². The van der Waals surface area contributed by atoms with Gasteiger partial charge in [0.25, 0.3) is 5.91 Å². The normalized spacial score (nSPS) is 11.7. The van der Waals surface area contributed by atoms with Gasteiger partial charge in [0.2, 0.25) is 0 Å². The van der Waals surface area contributed by atoms with E-state index in [1.54, 1.807) is 84.3 Å². The Kier molecular flexibility index (Phi) is 47.1. The van der Waals surface area contributed by atoms with Gasteiger partial charge in [0.05, 0.1) is 38.1 Å². The highest BCUT2D eigenvalue weighted by Crippen LogP contribution is 2.35. The molecule has 0 aromatic heterocycles. The van der Waals surface area contributed by atoms with Gasteiger partial charge in [0, 0.05) is 65.7 Å². The minimum absolute atomic E-state index is 0.0163. The Hall–Kier alpha value is -2.83. The number of nitrogens with one attached hydrogen (secondary N) is 3. The molecule has 0 saturated carbocycles. The van der Waals surface area contributed by atoms with Crippen molar-refractivity contribution in [2.45, 2.75) is 170 Å². The zero-order valence-electron chi connectivity index (χ0n) is 46.4. The number of benzene rings is 1. The average molecular weight is 1110 g/mol. The van der Waals surface area contributed by atoms with Crippen LogP contribution < -0.4 is 20.7 Å². The van der Waals surface area contributed by atoms with Gasteiger partial charge in [-0.1, -0.05) is 95.9 Å². The molecule has 0 fully saturated rings. The molecule has 1 aromatic carbocycles. The van der Waals surface area contributed by atoms with E-state index in [2.05, 4.69) is 81.4 Å². The number of ether oxygens (including phenoxy) is 9. The van der Waals surface area contributed by atoms with Crippen molar-refractivity contribution in [2.24, 2.45) is 11.0 Å². The van der Waals surface area contributed by atoms with Crippen LogP contribution in [0.2, 0.25) is 0 Å². The summed E-state index contributed by atoms with van der Waals surface area (Å²) in [6.07, 6.45) is 2.30. The lowest BCUT2D eigenvalue weighted by molar-refractivity contribution is -0.153. The summed E-state index contributed by atoms with van der Waals surface area (Å²) in [6, 6.07) is 7.79. The number of rotatable bonds is 40. The van der Waals surface area contributed by atoms with Crippen LogP contribution in [0.1, 0.15) is 139 Å². The number of hydrogen-bond donors (Lipinski definition) is 3. The fourth-order valence-electron chi connectivity index (χ4n) is 5.11. The average Bonchev–Trinajstić information content (AvgIpc) is 3.29. The molecule has 0 aliphatic carbocycles. The SMILES string of the molecule is CC(C)CCCNC(=O)c1cccc(OCC(N=[N+]=[N-])OCCOCC(=O)OC(C)C)c1.CC(C)NCC(C)(C)SSCOCCOC(=O)OC(C)C.CC(C)NCCSSCOCCCCC(=O)OC(C)C. The second kappa shape index (κ2) is 47.6. The van der Waals surface area contributed by atoms with Gasteiger partial charge in [-0.2, -0.15) is 0 Å². The predicted octanol–water partition coefficient (Wildman–Crippen LogP) is 11.0. The number of unbranched alkanes of at least 4 members (excludes halogenated alkanes) is 1. The van der Waals surface area contributed by atoms with E-state index in [0.29, 0.717) is 67.4 Å². The second-order valence-corrected chi connectivity index (χ2v) is 24.1. The largest absolute Gasteiger partial charge is 0.508 e. The minimum atomic E-state index is -0.889. The fourth-order valence-corrected chi connectivity index (χ4v) is 8.88. The summed E-state index contributed by atoms with van der Waals surface area (Å²) in [7, 11) is 7.02. The van der Waals surface area contributed by atoms with E-state index in [-0.39, 0.29) is 68.0 Å². The van der Waals surface area contributed by atoms with Crippen LogP contribution in [0.3, 0.4) is 0 Å². The molecule has 0 bridgehead atoms. The smallest absolute Gasteiger partial charge is 0.491 e. The number of hydrogen-bond acceptors (Lipinski definition) is 20. The molecule has 0 saturated heterocycles. The summed E-state index contributed by atoms with van der Waals surface area (Å²) >= 11 is 0. The van der Waals surface area contributed by atoms with E-state index in [1.807, 2.05) is 24.6 Å². The molecule has 19 nitrogen and oxygen atoms in total. The summed E-state index contributed by atoms with van der Waals surface area (Å²) in [4.78, 5) is 48.8. The molecule has 0 aliphatic rings. The number of azide groups is 1. The standard InChI is InChI=1S/C22H34N4O6.C14H29NO4S2.C14H29NO3S2/c1-16(2)7-6-10-24-22(28)18-8-5-9-19(13-18)31-14-20(25-26-23)30-12-11-29-15-21(27)32-17(3)4;1-11(2)15-9-14(5,6)21-20-10-17-7-8-18-13(16)19-12(3)4;1-12(2)15-8-10-19-20-11-17-9-6-5-7-14(16)18-13(3)4/h5,8-9,13,16-17,20H,6-7,10-12,14-15H2,1-4H3,(H,24,28);11-12,15H,7-10H2,1-6H3;12-13,15H,5-11H2,1-4H3. The number of amides is 1. The van der Waals surface area contributed by atoms with Gasteiger partial charge in [-0.3, -0.25) is 9.59 Å². The Balaban J connectivity index is 0. The maximum Gasteiger partial charge on any atom is 0.508 e. The molecular formula is C50H92N6O13S4. The highest BCUT2D eigenvalue weighted by molar-refractivity contribution is 8.77. The highest BCUT2D eigenvalue weighted by atomic mass is 33.1. The minimum Gasteiger partial charge on any atom is -0.491 e. The molecule has 3 N–H and O–H groups in total. The van der Waals surface area contributed by atoms with Gasteiger partial charge in [-0.05, 0) is 111 Å². The van der Waals surface area contributed by atoms with Crippen LogP contribution in [0.4, 0.5) is 4.79 Å². The molecule has 1 amide bonds. The highest BCUT2D eigenvalue weighted by Gasteiger charge is 2.19. The summed E-state index contributed by atoms with van der Waals surface area (Å²) in [5.41, 5.74) is 9.21. The molecule has 0 spiro atoms. The lowest BCUT2D eigenvalue weighted by atomic mass is 10.1. The molecule has 0 radical (unpaired) electrons. The molecular weight excluding hydrogens is 1020 g/mol. The van der Waals surface area contributed by atoms with Crippen molar-refractivity contribution in [3.05, 3.63) is 40.3 Å².